The SMILES string of the molecule is Cc1cc(C)c(OCC(=O)NC(C(=O)O)c2ccccc2)c(C)c1. The van der Waals surface area contributed by atoms with Gasteiger partial charge in [-0.25, -0.2) is 4.79 Å². The van der Waals surface area contributed by atoms with Gasteiger partial charge in [-0.1, -0.05) is 48.0 Å². The number of rotatable bonds is 6. The zero-order valence-electron chi connectivity index (χ0n) is 14.0. The number of benzene rings is 2. The first-order chi connectivity index (χ1) is 11.4. The van der Waals surface area contributed by atoms with Crippen molar-refractivity contribution in [2.75, 3.05) is 6.61 Å². The molecule has 0 fully saturated rings. The van der Waals surface area contributed by atoms with Crippen LogP contribution >= 0.6 is 0 Å². The third-order valence-corrected chi connectivity index (χ3v) is 3.64. The number of carboxylic acids is 1. The van der Waals surface area contributed by atoms with Crippen LogP contribution in [-0.2, 0) is 9.59 Å². The molecule has 1 atom stereocenters. The van der Waals surface area contributed by atoms with E-state index in [1.54, 1.807) is 30.3 Å². The maximum absolute atomic E-state index is 12.1. The van der Waals surface area contributed by atoms with E-state index in [0.717, 1.165) is 16.7 Å². The molecule has 0 aliphatic rings. The number of hydrogen-bond donors (Lipinski definition) is 2. The summed E-state index contributed by atoms with van der Waals surface area (Å²) in [4.78, 5) is 23.5. The summed E-state index contributed by atoms with van der Waals surface area (Å²) in [6.45, 7) is 5.59. The molecule has 5 heteroatoms. The standard InChI is InChI=1S/C19H21NO4/c1-12-9-13(2)18(14(3)10-12)24-11-16(21)20-17(19(22)23)15-7-5-4-6-8-15/h4-10,17H,11H2,1-3H3,(H,20,21)(H,22,23). The molecular weight excluding hydrogens is 306 g/mol. The molecule has 126 valence electrons. The lowest BCUT2D eigenvalue weighted by atomic mass is 10.1. The van der Waals surface area contributed by atoms with Gasteiger partial charge in [0.1, 0.15) is 5.75 Å². The van der Waals surface area contributed by atoms with Crippen molar-refractivity contribution in [2.45, 2.75) is 26.8 Å². The van der Waals surface area contributed by atoms with E-state index in [1.807, 2.05) is 32.9 Å². The zero-order chi connectivity index (χ0) is 17.7. The average Bonchev–Trinajstić information content (AvgIpc) is 2.52. The van der Waals surface area contributed by atoms with E-state index >= 15 is 0 Å². The molecule has 5 nitrogen and oxygen atoms in total. The second kappa shape index (κ2) is 7.64. The molecule has 0 aliphatic heterocycles. The van der Waals surface area contributed by atoms with Crippen molar-refractivity contribution < 1.29 is 19.4 Å². The maximum Gasteiger partial charge on any atom is 0.330 e. The molecule has 0 spiro atoms. The first kappa shape index (κ1) is 17.5. The highest BCUT2D eigenvalue weighted by atomic mass is 16.5. The minimum absolute atomic E-state index is 0.235. The van der Waals surface area contributed by atoms with Crippen molar-refractivity contribution in [1.29, 1.82) is 0 Å². The van der Waals surface area contributed by atoms with Crippen molar-refractivity contribution >= 4 is 11.9 Å². The fourth-order valence-corrected chi connectivity index (χ4v) is 2.67. The predicted molar refractivity (Wildman–Crippen MR) is 91.1 cm³/mol. The highest BCUT2D eigenvalue weighted by Gasteiger charge is 2.22. The lowest BCUT2D eigenvalue weighted by Gasteiger charge is -2.16. The molecule has 2 aromatic rings. The highest BCUT2D eigenvalue weighted by molar-refractivity contribution is 5.85. The Hall–Kier alpha value is -2.82. The molecular formula is C19H21NO4. The fourth-order valence-electron chi connectivity index (χ4n) is 2.67. The normalized spacial score (nSPS) is 11.6. The van der Waals surface area contributed by atoms with E-state index in [9.17, 15) is 14.7 Å². The first-order valence-electron chi connectivity index (χ1n) is 7.66. The van der Waals surface area contributed by atoms with Crippen molar-refractivity contribution in [2.24, 2.45) is 0 Å². The van der Waals surface area contributed by atoms with Gasteiger partial charge in [-0.05, 0) is 37.5 Å². The van der Waals surface area contributed by atoms with E-state index < -0.39 is 17.9 Å². The largest absolute Gasteiger partial charge is 0.483 e. The number of carbonyl (C=O) groups is 2. The molecule has 1 amide bonds. The topological polar surface area (TPSA) is 75.6 Å². The first-order valence-corrected chi connectivity index (χ1v) is 7.66. The van der Waals surface area contributed by atoms with Crippen LogP contribution in [-0.4, -0.2) is 23.6 Å². The molecule has 24 heavy (non-hydrogen) atoms. The van der Waals surface area contributed by atoms with Gasteiger partial charge in [0.25, 0.3) is 5.91 Å². The third-order valence-electron chi connectivity index (χ3n) is 3.64. The zero-order valence-corrected chi connectivity index (χ0v) is 14.0. The van der Waals surface area contributed by atoms with Gasteiger partial charge in [-0.15, -0.1) is 0 Å². The Kier molecular flexibility index (Phi) is 5.58. The summed E-state index contributed by atoms with van der Waals surface area (Å²) >= 11 is 0. The van der Waals surface area contributed by atoms with E-state index in [-0.39, 0.29) is 6.61 Å². The van der Waals surface area contributed by atoms with E-state index in [1.165, 1.54) is 0 Å². The molecule has 1 unspecified atom stereocenters. The Labute approximate surface area is 141 Å². The predicted octanol–water partition coefficient (Wildman–Crippen LogP) is 2.93. The molecule has 0 aromatic heterocycles. The number of carboxylic acid groups (broad SMARTS) is 1. The lowest BCUT2D eigenvalue weighted by Crippen LogP contribution is -2.36. The van der Waals surface area contributed by atoms with Crippen LogP contribution in [0.15, 0.2) is 42.5 Å². The van der Waals surface area contributed by atoms with Crippen molar-refractivity contribution in [1.82, 2.24) is 5.32 Å². The third kappa shape index (κ3) is 4.35. The summed E-state index contributed by atoms with van der Waals surface area (Å²) in [6.07, 6.45) is 0. The monoisotopic (exact) mass is 327 g/mol. The Balaban J connectivity index is 2.04. The minimum Gasteiger partial charge on any atom is -0.483 e. The number of amides is 1. The second-order valence-corrected chi connectivity index (χ2v) is 5.77. The van der Waals surface area contributed by atoms with Crippen LogP contribution < -0.4 is 10.1 Å². The quantitative estimate of drug-likeness (QED) is 0.855. The summed E-state index contributed by atoms with van der Waals surface area (Å²) in [7, 11) is 0. The molecule has 0 heterocycles. The summed E-state index contributed by atoms with van der Waals surface area (Å²) in [5.41, 5.74) is 3.52. The van der Waals surface area contributed by atoms with Crippen molar-refractivity contribution in [3.63, 3.8) is 0 Å². The molecule has 2 aromatic carbocycles. The van der Waals surface area contributed by atoms with Gasteiger partial charge in [0.15, 0.2) is 12.6 Å². The van der Waals surface area contributed by atoms with E-state index in [2.05, 4.69) is 5.32 Å². The molecule has 2 rings (SSSR count). The van der Waals surface area contributed by atoms with Crippen LogP contribution in [0.25, 0.3) is 0 Å². The van der Waals surface area contributed by atoms with Crippen molar-refractivity contribution in [3.8, 4) is 5.75 Å². The molecule has 0 aliphatic carbocycles. The lowest BCUT2D eigenvalue weighted by molar-refractivity contribution is -0.142. The highest BCUT2D eigenvalue weighted by Crippen LogP contribution is 2.24. The summed E-state index contributed by atoms with van der Waals surface area (Å²) in [6, 6.07) is 11.4. The van der Waals surface area contributed by atoms with Crippen LogP contribution in [0.5, 0.6) is 5.75 Å². The smallest absolute Gasteiger partial charge is 0.330 e. The number of hydrogen-bond acceptors (Lipinski definition) is 3. The van der Waals surface area contributed by atoms with Gasteiger partial charge < -0.3 is 15.2 Å². The van der Waals surface area contributed by atoms with Gasteiger partial charge in [0.2, 0.25) is 0 Å². The number of carbonyl (C=O) groups excluding carboxylic acids is 1. The minimum atomic E-state index is -1.11. The molecule has 0 saturated heterocycles. The average molecular weight is 327 g/mol. The number of aliphatic carboxylic acids is 1. The summed E-state index contributed by atoms with van der Waals surface area (Å²) in [5.74, 6) is -0.940. The van der Waals surface area contributed by atoms with E-state index in [4.69, 9.17) is 4.74 Å². The number of ether oxygens (including phenoxy) is 1. The Morgan fingerprint density at radius 3 is 2.21 bits per heavy atom. The van der Waals surface area contributed by atoms with E-state index in [0.29, 0.717) is 11.3 Å². The van der Waals surface area contributed by atoms with Crippen LogP contribution in [0.2, 0.25) is 0 Å². The molecule has 0 bridgehead atoms. The van der Waals surface area contributed by atoms with Crippen LogP contribution in [0.4, 0.5) is 0 Å². The number of nitrogens with one attached hydrogen (secondary N) is 1. The Morgan fingerprint density at radius 2 is 1.67 bits per heavy atom. The van der Waals surface area contributed by atoms with Crippen LogP contribution in [0, 0.1) is 20.8 Å². The maximum atomic E-state index is 12.1. The van der Waals surface area contributed by atoms with Gasteiger partial charge in [-0.2, -0.15) is 0 Å². The molecule has 2 N–H and O–H groups in total. The van der Waals surface area contributed by atoms with Gasteiger partial charge in [0.05, 0.1) is 0 Å². The van der Waals surface area contributed by atoms with Gasteiger partial charge in [0, 0.05) is 0 Å². The van der Waals surface area contributed by atoms with Gasteiger partial charge >= 0.3 is 5.97 Å². The van der Waals surface area contributed by atoms with Crippen LogP contribution in [0.1, 0.15) is 28.3 Å². The molecule has 0 radical (unpaired) electrons. The van der Waals surface area contributed by atoms with Crippen molar-refractivity contribution in [3.05, 3.63) is 64.7 Å². The van der Waals surface area contributed by atoms with Crippen LogP contribution in [0.3, 0.4) is 0 Å². The second-order valence-electron chi connectivity index (χ2n) is 5.77. The van der Waals surface area contributed by atoms with Gasteiger partial charge in [-0.3, -0.25) is 4.79 Å². The molecule has 0 saturated carbocycles. The summed E-state index contributed by atoms with van der Waals surface area (Å²) < 4.78 is 5.60. The number of aryl methyl sites for hydroxylation is 3. The summed E-state index contributed by atoms with van der Waals surface area (Å²) in [5, 5.41) is 11.8. The Morgan fingerprint density at radius 1 is 1.08 bits per heavy atom. The fraction of sp³-hybridized carbons (Fsp3) is 0.263. The Bertz CT molecular complexity index is 717.